The quantitative estimate of drug-likeness (QED) is 0.360. The number of anilines is 1. The lowest BCUT2D eigenvalue weighted by atomic mass is 9.82. The van der Waals surface area contributed by atoms with Gasteiger partial charge in [0.1, 0.15) is 5.76 Å². The summed E-state index contributed by atoms with van der Waals surface area (Å²) in [4.78, 5) is 14.5. The maximum Gasteiger partial charge on any atom is 0.278 e. The van der Waals surface area contributed by atoms with E-state index in [4.69, 9.17) is 4.52 Å². The van der Waals surface area contributed by atoms with E-state index < -0.39 is 0 Å². The summed E-state index contributed by atoms with van der Waals surface area (Å²) in [6, 6.07) is 18.9. The molecule has 1 atom stereocenters. The highest BCUT2D eigenvalue weighted by atomic mass is 32.2. The number of benzene rings is 2. The highest BCUT2D eigenvalue weighted by Crippen LogP contribution is 2.34. The maximum atomic E-state index is 13.3. The monoisotopic (exact) mass is 472 g/mol. The molecule has 0 saturated carbocycles. The number of thioether (sulfide) groups is 1. The molecule has 5 rings (SSSR count). The summed E-state index contributed by atoms with van der Waals surface area (Å²) in [6.07, 6.45) is 4.62. The molecule has 1 aliphatic carbocycles. The first-order valence-electron chi connectivity index (χ1n) is 11.5. The molecule has 0 spiro atoms. The van der Waals surface area contributed by atoms with Crippen LogP contribution in [0.25, 0.3) is 0 Å². The van der Waals surface area contributed by atoms with Crippen LogP contribution in [0.5, 0.6) is 0 Å². The molecule has 6 nitrogen and oxygen atoms in total. The number of fused-ring (bicyclic) bond motifs is 1. The average Bonchev–Trinajstić information content (AvgIpc) is 3.41. The summed E-state index contributed by atoms with van der Waals surface area (Å²) >= 11 is 1.72. The Morgan fingerprint density at radius 1 is 1.15 bits per heavy atom. The van der Waals surface area contributed by atoms with E-state index in [0.717, 1.165) is 47.7 Å². The van der Waals surface area contributed by atoms with E-state index in [1.165, 1.54) is 16.0 Å². The Balaban J connectivity index is 1.34. The van der Waals surface area contributed by atoms with Crippen molar-refractivity contribution in [3.63, 3.8) is 0 Å². The second-order valence-corrected chi connectivity index (χ2v) is 9.67. The first-order valence-corrected chi connectivity index (χ1v) is 12.8. The van der Waals surface area contributed by atoms with Crippen LogP contribution in [-0.4, -0.2) is 27.1 Å². The molecule has 0 saturated heterocycles. The van der Waals surface area contributed by atoms with Crippen LogP contribution < -0.4 is 5.32 Å². The van der Waals surface area contributed by atoms with Crippen LogP contribution in [0.2, 0.25) is 0 Å². The van der Waals surface area contributed by atoms with Crippen LogP contribution in [-0.2, 0) is 19.4 Å². The summed E-state index contributed by atoms with van der Waals surface area (Å²) < 4.78 is 7.49. The average molecular weight is 473 g/mol. The van der Waals surface area contributed by atoms with Gasteiger partial charge in [-0.2, -0.15) is 5.10 Å². The van der Waals surface area contributed by atoms with Crippen LogP contribution in [0.15, 0.2) is 64.0 Å². The van der Waals surface area contributed by atoms with Gasteiger partial charge in [-0.15, -0.1) is 11.8 Å². The van der Waals surface area contributed by atoms with Crippen LogP contribution in [0.1, 0.15) is 56.7 Å². The molecule has 1 amide bonds. The molecule has 0 aliphatic heterocycles. The lowest BCUT2D eigenvalue weighted by Crippen LogP contribution is -2.19. The Hall–Kier alpha value is -3.32. The minimum atomic E-state index is -0.242. The predicted molar refractivity (Wildman–Crippen MR) is 135 cm³/mol. The van der Waals surface area contributed by atoms with E-state index in [9.17, 15) is 4.79 Å². The van der Waals surface area contributed by atoms with Gasteiger partial charge < -0.3 is 9.84 Å². The van der Waals surface area contributed by atoms with Gasteiger partial charge in [-0.1, -0.05) is 47.6 Å². The molecule has 2 aromatic carbocycles. The van der Waals surface area contributed by atoms with Crippen molar-refractivity contribution in [2.45, 2.75) is 50.5 Å². The highest BCUT2D eigenvalue weighted by Gasteiger charge is 2.30. The Morgan fingerprint density at radius 2 is 1.91 bits per heavy atom. The molecule has 1 unspecified atom stereocenters. The van der Waals surface area contributed by atoms with Gasteiger partial charge in [0.05, 0.1) is 23.6 Å². The SMILES string of the molecule is CSc1ccc(Cn2nc(C)c(NC(=O)c3noc4c3CC(c3ccccc3)CC4)c2C)cc1. The predicted octanol–water partition coefficient (Wildman–Crippen LogP) is 5.78. The topological polar surface area (TPSA) is 73.0 Å². The zero-order valence-corrected chi connectivity index (χ0v) is 20.5. The van der Waals surface area contributed by atoms with Crippen molar-refractivity contribution >= 4 is 23.4 Å². The molecule has 34 heavy (non-hydrogen) atoms. The molecular weight excluding hydrogens is 444 g/mol. The first kappa shape index (κ1) is 22.5. The number of aromatic nitrogens is 3. The van der Waals surface area contributed by atoms with Gasteiger partial charge in [0.25, 0.3) is 5.91 Å². The zero-order valence-electron chi connectivity index (χ0n) is 19.7. The summed E-state index contributed by atoms with van der Waals surface area (Å²) in [5.41, 5.74) is 6.20. The number of aryl methyl sites for hydroxylation is 2. The van der Waals surface area contributed by atoms with Crippen molar-refractivity contribution in [1.29, 1.82) is 0 Å². The lowest BCUT2D eigenvalue weighted by Gasteiger charge is -2.21. The number of amides is 1. The third-order valence-electron chi connectivity index (χ3n) is 6.64. The van der Waals surface area contributed by atoms with E-state index in [1.54, 1.807) is 11.8 Å². The van der Waals surface area contributed by atoms with Crippen molar-refractivity contribution in [3.05, 3.63) is 94.1 Å². The summed E-state index contributed by atoms with van der Waals surface area (Å²) in [5.74, 6) is 0.951. The Kier molecular flexibility index (Phi) is 6.28. The molecule has 1 aliphatic rings. The van der Waals surface area contributed by atoms with Gasteiger partial charge >= 0.3 is 0 Å². The number of hydrogen-bond donors (Lipinski definition) is 1. The smallest absolute Gasteiger partial charge is 0.278 e. The van der Waals surface area contributed by atoms with Gasteiger partial charge in [0, 0.05) is 16.9 Å². The van der Waals surface area contributed by atoms with E-state index in [0.29, 0.717) is 18.2 Å². The van der Waals surface area contributed by atoms with Crippen molar-refractivity contribution in [3.8, 4) is 0 Å². The fourth-order valence-electron chi connectivity index (χ4n) is 4.70. The van der Waals surface area contributed by atoms with Gasteiger partial charge in [-0.25, -0.2) is 0 Å². The Labute approximate surface area is 203 Å². The van der Waals surface area contributed by atoms with Crippen molar-refractivity contribution in [1.82, 2.24) is 14.9 Å². The normalized spacial score (nSPS) is 15.2. The molecule has 7 heteroatoms. The van der Waals surface area contributed by atoms with E-state index in [-0.39, 0.29) is 5.91 Å². The van der Waals surface area contributed by atoms with Crippen molar-refractivity contribution in [2.75, 3.05) is 11.6 Å². The van der Waals surface area contributed by atoms with Crippen LogP contribution >= 0.6 is 11.8 Å². The standard InChI is InChI=1S/C27H28N4O2S/c1-17-25(18(2)31(29-17)16-19-9-12-22(34-3)13-10-19)28-27(32)26-23-15-21(11-14-24(23)33-30-26)20-7-5-4-6-8-20/h4-10,12-13,21H,11,14-16H2,1-3H3,(H,28,32). The number of hydrogen-bond acceptors (Lipinski definition) is 5. The Bertz CT molecular complexity index is 1310. The summed E-state index contributed by atoms with van der Waals surface area (Å²) in [7, 11) is 0. The lowest BCUT2D eigenvalue weighted by molar-refractivity contribution is 0.101. The minimum Gasteiger partial charge on any atom is -0.360 e. The number of nitrogens with one attached hydrogen (secondary N) is 1. The number of carbonyl (C=O) groups excluding carboxylic acids is 1. The third kappa shape index (κ3) is 4.40. The van der Waals surface area contributed by atoms with Crippen LogP contribution in [0.4, 0.5) is 5.69 Å². The highest BCUT2D eigenvalue weighted by molar-refractivity contribution is 7.98. The second-order valence-electron chi connectivity index (χ2n) is 8.79. The Morgan fingerprint density at radius 3 is 2.65 bits per heavy atom. The van der Waals surface area contributed by atoms with Gasteiger partial charge in [0.15, 0.2) is 5.69 Å². The molecule has 2 aromatic heterocycles. The third-order valence-corrected chi connectivity index (χ3v) is 7.38. The van der Waals surface area contributed by atoms with Crippen molar-refractivity contribution < 1.29 is 9.32 Å². The van der Waals surface area contributed by atoms with E-state index >= 15 is 0 Å². The summed E-state index contributed by atoms with van der Waals surface area (Å²) in [5, 5.41) is 11.9. The van der Waals surface area contributed by atoms with Crippen LogP contribution in [0, 0.1) is 13.8 Å². The molecular formula is C27H28N4O2S. The van der Waals surface area contributed by atoms with E-state index in [1.807, 2.05) is 24.6 Å². The van der Waals surface area contributed by atoms with Crippen LogP contribution in [0.3, 0.4) is 0 Å². The summed E-state index contributed by atoms with van der Waals surface area (Å²) in [6.45, 7) is 4.55. The van der Waals surface area contributed by atoms with Gasteiger partial charge in [-0.3, -0.25) is 9.48 Å². The number of carbonyl (C=O) groups is 1. The number of rotatable bonds is 6. The van der Waals surface area contributed by atoms with Crippen molar-refractivity contribution in [2.24, 2.45) is 0 Å². The van der Waals surface area contributed by atoms with Gasteiger partial charge in [-0.05, 0) is 62.1 Å². The zero-order chi connectivity index (χ0) is 23.7. The molecule has 174 valence electrons. The van der Waals surface area contributed by atoms with Gasteiger partial charge in [0.2, 0.25) is 0 Å². The number of nitrogens with zero attached hydrogens (tertiary/aromatic N) is 3. The molecule has 0 radical (unpaired) electrons. The largest absolute Gasteiger partial charge is 0.360 e. The molecule has 0 fully saturated rings. The molecule has 4 aromatic rings. The maximum absolute atomic E-state index is 13.3. The molecule has 2 heterocycles. The van der Waals surface area contributed by atoms with E-state index in [2.05, 4.69) is 70.4 Å². The molecule has 1 N–H and O–H groups in total. The fourth-order valence-corrected chi connectivity index (χ4v) is 5.11. The fraction of sp³-hybridized carbons (Fsp3) is 0.296. The first-order chi connectivity index (χ1) is 16.5. The molecule has 0 bridgehead atoms. The second kappa shape index (κ2) is 9.50. The minimum absolute atomic E-state index is 0.242.